The van der Waals surface area contributed by atoms with Crippen LogP contribution in [0.5, 0.6) is 17.2 Å². The molecule has 0 aromatic heterocycles. The number of methoxy groups -OCH3 is 3. The topological polar surface area (TPSA) is 68.8 Å². The third kappa shape index (κ3) is 12.1. The van der Waals surface area contributed by atoms with Gasteiger partial charge in [0.15, 0.2) is 11.5 Å². The van der Waals surface area contributed by atoms with E-state index in [9.17, 15) is 4.79 Å². The van der Waals surface area contributed by atoms with E-state index in [4.69, 9.17) is 14.2 Å². The van der Waals surface area contributed by atoms with Crippen molar-refractivity contribution in [2.45, 2.75) is 121 Å². The zero-order valence-electron chi connectivity index (χ0n) is 24.6. The van der Waals surface area contributed by atoms with Crippen molar-refractivity contribution in [1.82, 2.24) is 10.6 Å². The van der Waals surface area contributed by atoms with Gasteiger partial charge in [0.2, 0.25) is 11.7 Å². The van der Waals surface area contributed by atoms with Crippen LogP contribution in [0.15, 0.2) is 12.1 Å². The Balaban J connectivity index is 1.48. The van der Waals surface area contributed by atoms with Crippen LogP contribution in [0.2, 0.25) is 0 Å². The van der Waals surface area contributed by atoms with Crippen molar-refractivity contribution in [3.63, 3.8) is 0 Å². The van der Waals surface area contributed by atoms with Gasteiger partial charge in [0.05, 0.1) is 32.7 Å². The minimum atomic E-state index is -0.190. The summed E-state index contributed by atoms with van der Waals surface area (Å²) in [6, 6.07) is 3.70. The third-order valence-electron chi connectivity index (χ3n) is 7.42. The molecule has 1 aliphatic rings. The molecular formula is C31H54N2O4S. The lowest BCUT2D eigenvalue weighted by molar-refractivity contribution is -0.122. The highest BCUT2D eigenvalue weighted by Crippen LogP contribution is 2.43. The molecular weight excluding hydrogens is 496 g/mol. The monoisotopic (exact) mass is 550 g/mol. The molecule has 0 aliphatic carbocycles. The van der Waals surface area contributed by atoms with Crippen LogP contribution in [-0.2, 0) is 4.79 Å². The number of thioether (sulfide) groups is 1. The number of hydrogen-bond donors (Lipinski definition) is 2. The molecule has 218 valence electrons. The molecule has 0 saturated carbocycles. The predicted octanol–water partition coefficient (Wildman–Crippen LogP) is 7.79. The van der Waals surface area contributed by atoms with Gasteiger partial charge in [0, 0.05) is 12.3 Å². The molecule has 1 unspecified atom stereocenters. The van der Waals surface area contributed by atoms with Crippen molar-refractivity contribution >= 4 is 17.7 Å². The third-order valence-corrected chi connectivity index (χ3v) is 8.69. The number of carbonyl (C=O) groups is 1. The van der Waals surface area contributed by atoms with Crippen molar-refractivity contribution in [2.24, 2.45) is 0 Å². The summed E-state index contributed by atoms with van der Waals surface area (Å²) >= 11 is 1.73. The first kappa shape index (κ1) is 32.6. The fourth-order valence-corrected chi connectivity index (χ4v) is 6.30. The van der Waals surface area contributed by atoms with Gasteiger partial charge in [-0.3, -0.25) is 10.1 Å². The molecule has 0 spiro atoms. The Bertz CT molecular complexity index is 751. The molecule has 1 amide bonds. The van der Waals surface area contributed by atoms with Crippen LogP contribution >= 0.6 is 11.8 Å². The maximum Gasteiger partial charge on any atom is 0.238 e. The number of unbranched alkanes of at least 4 members (excludes halogenated alkanes) is 15. The number of nitrogens with one attached hydrogen (secondary N) is 2. The Morgan fingerprint density at radius 3 is 1.71 bits per heavy atom. The van der Waals surface area contributed by atoms with Gasteiger partial charge in [0.25, 0.3) is 0 Å². The summed E-state index contributed by atoms with van der Waals surface area (Å²) in [6.07, 6.45) is 21.7. The van der Waals surface area contributed by atoms with Crippen molar-refractivity contribution in [2.75, 3.05) is 33.6 Å². The van der Waals surface area contributed by atoms with E-state index in [1.807, 2.05) is 12.1 Å². The quantitative estimate of drug-likeness (QED) is 0.144. The second-order valence-electron chi connectivity index (χ2n) is 10.5. The van der Waals surface area contributed by atoms with E-state index in [1.165, 1.54) is 96.3 Å². The Morgan fingerprint density at radius 1 is 0.789 bits per heavy atom. The molecule has 0 bridgehead atoms. The lowest BCUT2D eigenvalue weighted by atomic mass is 10.0. The molecule has 1 saturated heterocycles. The van der Waals surface area contributed by atoms with Crippen LogP contribution < -0.4 is 24.8 Å². The lowest BCUT2D eigenvalue weighted by Gasteiger charge is -2.18. The van der Waals surface area contributed by atoms with E-state index < -0.39 is 0 Å². The van der Waals surface area contributed by atoms with Crippen LogP contribution in [0.25, 0.3) is 0 Å². The van der Waals surface area contributed by atoms with E-state index in [1.54, 1.807) is 33.1 Å². The van der Waals surface area contributed by atoms with Gasteiger partial charge in [-0.15, -0.1) is 11.8 Å². The molecule has 1 heterocycles. The average molecular weight is 551 g/mol. The fraction of sp³-hybridized carbons (Fsp3) is 0.774. The number of benzene rings is 1. The highest BCUT2D eigenvalue weighted by molar-refractivity contribution is 7.99. The largest absolute Gasteiger partial charge is 0.493 e. The molecule has 1 fully saturated rings. The standard InChI is InChI=1S/C31H54N2O4S/c1-5-6-7-8-9-10-11-12-13-14-15-16-17-18-19-20-21-32-30(34)26-24-38-31(33-26)25-22-27(35-2)29(37-4)28(23-25)36-3/h22-23,26,31,33H,5-21,24H2,1-4H3,(H,32,34)/t26-,31?/m0/s1. The molecule has 2 rings (SSSR count). The second kappa shape index (κ2) is 20.3. The summed E-state index contributed by atoms with van der Waals surface area (Å²) in [5, 5.41) is 6.59. The molecule has 7 heteroatoms. The smallest absolute Gasteiger partial charge is 0.238 e. The highest BCUT2D eigenvalue weighted by atomic mass is 32.2. The first-order valence-corrected chi connectivity index (χ1v) is 16.1. The van der Waals surface area contributed by atoms with Crippen molar-refractivity contribution in [3.05, 3.63) is 17.7 Å². The Hall–Kier alpha value is -1.60. The minimum absolute atomic E-state index is 0.00926. The van der Waals surface area contributed by atoms with Crippen LogP contribution in [0.3, 0.4) is 0 Å². The number of carbonyl (C=O) groups excluding carboxylic acids is 1. The summed E-state index contributed by atoms with van der Waals surface area (Å²) in [4.78, 5) is 12.7. The van der Waals surface area contributed by atoms with Gasteiger partial charge in [-0.05, 0) is 24.1 Å². The maximum absolute atomic E-state index is 12.7. The minimum Gasteiger partial charge on any atom is -0.493 e. The predicted molar refractivity (Wildman–Crippen MR) is 161 cm³/mol. The van der Waals surface area contributed by atoms with Crippen LogP contribution in [0, 0.1) is 0 Å². The normalized spacial score (nSPS) is 16.9. The number of hydrogen-bond acceptors (Lipinski definition) is 6. The lowest BCUT2D eigenvalue weighted by Crippen LogP contribution is -2.42. The van der Waals surface area contributed by atoms with Gasteiger partial charge in [-0.25, -0.2) is 0 Å². The highest BCUT2D eigenvalue weighted by Gasteiger charge is 2.31. The maximum atomic E-state index is 12.7. The first-order chi connectivity index (χ1) is 18.6. The van der Waals surface area contributed by atoms with E-state index >= 15 is 0 Å². The molecule has 38 heavy (non-hydrogen) atoms. The molecule has 1 aromatic carbocycles. The summed E-state index contributed by atoms with van der Waals surface area (Å²) in [5.41, 5.74) is 1.01. The van der Waals surface area contributed by atoms with E-state index in [2.05, 4.69) is 17.6 Å². The van der Waals surface area contributed by atoms with Gasteiger partial charge in [-0.2, -0.15) is 0 Å². The fourth-order valence-electron chi connectivity index (χ4n) is 5.08. The van der Waals surface area contributed by atoms with E-state index in [-0.39, 0.29) is 17.3 Å². The SMILES string of the molecule is CCCCCCCCCCCCCCCCCCNC(=O)[C@@H]1CSC(c2cc(OC)c(OC)c(OC)c2)N1. The Morgan fingerprint density at radius 2 is 1.26 bits per heavy atom. The van der Waals surface area contributed by atoms with E-state index in [0.717, 1.165) is 24.3 Å². The molecule has 1 aromatic rings. The second-order valence-corrected chi connectivity index (χ2v) is 11.6. The van der Waals surface area contributed by atoms with Gasteiger partial charge in [-0.1, -0.05) is 103 Å². The Kier molecular flexibility index (Phi) is 17.4. The molecule has 2 atom stereocenters. The van der Waals surface area contributed by atoms with Crippen molar-refractivity contribution in [3.8, 4) is 17.2 Å². The van der Waals surface area contributed by atoms with Gasteiger partial charge < -0.3 is 19.5 Å². The van der Waals surface area contributed by atoms with E-state index in [0.29, 0.717) is 17.2 Å². The average Bonchev–Trinajstić information content (AvgIpc) is 3.44. The first-order valence-electron chi connectivity index (χ1n) is 15.1. The molecule has 6 nitrogen and oxygen atoms in total. The summed E-state index contributed by atoms with van der Waals surface area (Å²) < 4.78 is 16.4. The number of ether oxygens (including phenoxy) is 3. The van der Waals surface area contributed by atoms with Gasteiger partial charge >= 0.3 is 0 Å². The van der Waals surface area contributed by atoms with Crippen molar-refractivity contribution in [1.29, 1.82) is 0 Å². The van der Waals surface area contributed by atoms with Crippen LogP contribution in [0.4, 0.5) is 0 Å². The van der Waals surface area contributed by atoms with Gasteiger partial charge in [0.1, 0.15) is 0 Å². The van der Waals surface area contributed by atoms with Crippen molar-refractivity contribution < 1.29 is 19.0 Å². The molecule has 1 aliphatic heterocycles. The summed E-state index contributed by atoms with van der Waals surface area (Å²) in [5.74, 6) is 2.66. The molecule has 2 N–H and O–H groups in total. The Labute approximate surface area is 236 Å². The zero-order valence-corrected chi connectivity index (χ0v) is 25.4. The zero-order chi connectivity index (χ0) is 27.4. The van der Waals surface area contributed by atoms with Crippen LogP contribution in [-0.4, -0.2) is 45.6 Å². The summed E-state index contributed by atoms with van der Waals surface area (Å²) in [7, 11) is 4.83. The summed E-state index contributed by atoms with van der Waals surface area (Å²) in [6.45, 7) is 3.04. The van der Waals surface area contributed by atoms with Crippen LogP contribution in [0.1, 0.15) is 121 Å². The number of amides is 1. The number of rotatable bonds is 22. The molecule has 0 radical (unpaired) electrons.